The van der Waals surface area contributed by atoms with Crippen molar-refractivity contribution in [2.45, 2.75) is 20.8 Å². The van der Waals surface area contributed by atoms with E-state index in [-0.39, 0.29) is 18.3 Å². The van der Waals surface area contributed by atoms with Gasteiger partial charge in [0.2, 0.25) is 0 Å². The summed E-state index contributed by atoms with van der Waals surface area (Å²) in [6.07, 6.45) is 0. The lowest BCUT2D eigenvalue weighted by molar-refractivity contribution is -0.118. The summed E-state index contributed by atoms with van der Waals surface area (Å²) in [5.74, 6) is 0.163. The molecule has 0 saturated carbocycles. The van der Waals surface area contributed by atoms with Crippen molar-refractivity contribution in [2.24, 2.45) is 0 Å². The molecule has 3 aromatic carbocycles. The second-order valence-corrected chi connectivity index (χ2v) is 8.70. The second kappa shape index (κ2) is 9.79. The predicted molar refractivity (Wildman–Crippen MR) is 132 cm³/mol. The van der Waals surface area contributed by atoms with Gasteiger partial charge >= 0.3 is 0 Å². The van der Waals surface area contributed by atoms with Gasteiger partial charge in [-0.2, -0.15) is 0 Å². The van der Waals surface area contributed by atoms with Gasteiger partial charge in [-0.25, -0.2) is 4.98 Å². The van der Waals surface area contributed by atoms with Crippen LogP contribution >= 0.6 is 11.3 Å². The summed E-state index contributed by atoms with van der Waals surface area (Å²) in [5.41, 5.74) is 6.71. The van der Waals surface area contributed by atoms with E-state index in [9.17, 15) is 9.59 Å². The highest BCUT2D eigenvalue weighted by Crippen LogP contribution is 2.29. The molecule has 166 valence electrons. The summed E-state index contributed by atoms with van der Waals surface area (Å²) >= 11 is 1.38. The van der Waals surface area contributed by atoms with Gasteiger partial charge in [-0.3, -0.25) is 14.9 Å². The van der Waals surface area contributed by atoms with Gasteiger partial charge in [0.25, 0.3) is 5.91 Å². The Morgan fingerprint density at radius 2 is 1.55 bits per heavy atom. The van der Waals surface area contributed by atoms with Crippen LogP contribution < -0.4 is 10.1 Å². The van der Waals surface area contributed by atoms with Crippen LogP contribution in [0.5, 0.6) is 5.75 Å². The minimum absolute atomic E-state index is 0.0570. The molecule has 1 aromatic heterocycles. The van der Waals surface area contributed by atoms with E-state index in [0.717, 1.165) is 16.8 Å². The van der Waals surface area contributed by atoms with Crippen molar-refractivity contribution in [3.8, 4) is 17.0 Å². The summed E-state index contributed by atoms with van der Waals surface area (Å²) < 4.78 is 5.57. The number of benzene rings is 3. The smallest absolute Gasteiger partial charge is 0.264 e. The summed E-state index contributed by atoms with van der Waals surface area (Å²) in [5, 5.41) is 5.26. The van der Waals surface area contributed by atoms with Crippen LogP contribution in [0.1, 0.15) is 32.6 Å². The van der Waals surface area contributed by atoms with Crippen molar-refractivity contribution >= 4 is 28.2 Å². The Morgan fingerprint density at radius 3 is 2.27 bits per heavy atom. The van der Waals surface area contributed by atoms with Crippen LogP contribution in [0.15, 0.2) is 72.1 Å². The molecule has 6 heteroatoms. The molecule has 0 spiro atoms. The molecule has 0 unspecified atom stereocenters. The van der Waals surface area contributed by atoms with Crippen molar-refractivity contribution in [1.29, 1.82) is 0 Å². The molecule has 1 heterocycles. The standard InChI is InChI=1S/C27H24N2O3S/c1-17-13-19(3)23(14-18(17)2)24-16-33-27(28-24)29-25(30)15-32-22-11-9-21(10-12-22)26(31)20-7-5-4-6-8-20/h4-14,16H,15H2,1-3H3,(H,28,29,30). The third kappa shape index (κ3) is 5.35. The van der Waals surface area contributed by atoms with Crippen molar-refractivity contribution in [3.05, 3.63) is 99.9 Å². The first-order valence-electron chi connectivity index (χ1n) is 10.6. The number of nitrogens with one attached hydrogen (secondary N) is 1. The Hall–Kier alpha value is -3.77. The summed E-state index contributed by atoms with van der Waals surface area (Å²) in [6.45, 7) is 6.08. The minimum atomic E-state index is -0.294. The second-order valence-electron chi connectivity index (χ2n) is 7.85. The molecule has 0 aliphatic heterocycles. The zero-order valence-electron chi connectivity index (χ0n) is 18.7. The van der Waals surface area contributed by atoms with Crippen LogP contribution in [0.2, 0.25) is 0 Å². The topological polar surface area (TPSA) is 68.3 Å². The molecule has 0 bridgehead atoms. The van der Waals surface area contributed by atoms with Crippen LogP contribution in [0, 0.1) is 20.8 Å². The van der Waals surface area contributed by atoms with Crippen molar-refractivity contribution in [2.75, 3.05) is 11.9 Å². The monoisotopic (exact) mass is 456 g/mol. The molecule has 0 aliphatic carbocycles. The number of aryl methyl sites for hydroxylation is 3. The maximum absolute atomic E-state index is 12.5. The molecular weight excluding hydrogens is 432 g/mol. The van der Waals surface area contributed by atoms with Crippen molar-refractivity contribution < 1.29 is 14.3 Å². The van der Waals surface area contributed by atoms with Gasteiger partial charge in [-0.05, 0) is 67.8 Å². The maximum Gasteiger partial charge on any atom is 0.264 e. The fourth-order valence-corrected chi connectivity index (χ4v) is 4.18. The number of thiazole rings is 1. The van der Waals surface area contributed by atoms with E-state index in [0.29, 0.717) is 22.0 Å². The first kappa shape index (κ1) is 22.4. The molecule has 1 amide bonds. The highest BCUT2D eigenvalue weighted by Gasteiger charge is 2.12. The number of anilines is 1. The fourth-order valence-electron chi connectivity index (χ4n) is 3.45. The Morgan fingerprint density at radius 1 is 0.879 bits per heavy atom. The number of ketones is 1. The number of hydrogen-bond donors (Lipinski definition) is 1. The van der Waals surface area contributed by atoms with E-state index in [4.69, 9.17) is 4.74 Å². The molecule has 0 atom stereocenters. The summed E-state index contributed by atoms with van der Waals surface area (Å²) in [7, 11) is 0. The Kier molecular flexibility index (Phi) is 6.66. The van der Waals surface area contributed by atoms with Crippen LogP contribution in [-0.4, -0.2) is 23.3 Å². The highest BCUT2D eigenvalue weighted by molar-refractivity contribution is 7.14. The van der Waals surface area contributed by atoms with E-state index < -0.39 is 0 Å². The quantitative estimate of drug-likeness (QED) is 0.347. The zero-order valence-corrected chi connectivity index (χ0v) is 19.5. The summed E-state index contributed by atoms with van der Waals surface area (Å²) in [4.78, 5) is 29.4. The van der Waals surface area contributed by atoms with Gasteiger partial charge in [0.1, 0.15) is 5.75 Å². The Labute approximate surface area is 197 Å². The number of ether oxygens (including phenoxy) is 1. The molecular formula is C27H24N2O3S. The number of rotatable bonds is 7. The molecule has 33 heavy (non-hydrogen) atoms. The SMILES string of the molecule is Cc1cc(C)c(-c2csc(NC(=O)COc3ccc(C(=O)c4ccccc4)cc3)n2)cc1C. The number of amides is 1. The third-order valence-electron chi connectivity index (χ3n) is 5.39. The number of nitrogens with zero attached hydrogens (tertiary/aromatic N) is 1. The van der Waals surface area contributed by atoms with Gasteiger partial charge in [0, 0.05) is 22.1 Å². The number of carbonyl (C=O) groups excluding carboxylic acids is 2. The van der Waals surface area contributed by atoms with Gasteiger partial charge in [-0.15, -0.1) is 11.3 Å². The van der Waals surface area contributed by atoms with E-state index >= 15 is 0 Å². The lowest BCUT2D eigenvalue weighted by Crippen LogP contribution is -2.20. The van der Waals surface area contributed by atoms with Crippen LogP contribution in [0.25, 0.3) is 11.3 Å². The fraction of sp³-hybridized carbons (Fsp3) is 0.148. The van der Waals surface area contributed by atoms with Gasteiger partial charge in [-0.1, -0.05) is 36.4 Å². The van der Waals surface area contributed by atoms with E-state index in [1.165, 1.54) is 22.5 Å². The molecule has 5 nitrogen and oxygen atoms in total. The normalized spacial score (nSPS) is 10.6. The van der Waals surface area contributed by atoms with Crippen LogP contribution in [-0.2, 0) is 4.79 Å². The molecule has 0 saturated heterocycles. The van der Waals surface area contributed by atoms with Gasteiger partial charge in [0.15, 0.2) is 17.5 Å². The molecule has 4 rings (SSSR count). The van der Waals surface area contributed by atoms with Gasteiger partial charge < -0.3 is 4.74 Å². The lowest BCUT2D eigenvalue weighted by Gasteiger charge is -2.08. The molecule has 0 radical (unpaired) electrons. The highest BCUT2D eigenvalue weighted by atomic mass is 32.1. The largest absolute Gasteiger partial charge is 0.484 e. The lowest BCUT2D eigenvalue weighted by atomic mass is 9.99. The minimum Gasteiger partial charge on any atom is -0.484 e. The van der Waals surface area contributed by atoms with E-state index in [1.54, 1.807) is 36.4 Å². The van der Waals surface area contributed by atoms with Crippen molar-refractivity contribution in [3.63, 3.8) is 0 Å². The van der Waals surface area contributed by atoms with Crippen LogP contribution in [0.3, 0.4) is 0 Å². The molecule has 4 aromatic rings. The first-order valence-corrected chi connectivity index (χ1v) is 11.4. The number of hydrogen-bond acceptors (Lipinski definition) is 5. The number of aromatic nitrogens is 1. The molecule has 0 fully saturated rings. The average Bonchev–Trinajstić information content (AvgIpc) is 3.28. The maximum atomic E-state index is 12.5. The first-order chi connectivity index (χ1) is 15.9. The van der Waals surface area contributed by atoms with Crippen molar-refractivity contribution in [1.82, 2.24) is 4.98 Å². The van der Waals surface area contributed by atoms with E-state index in [2.05, 4.69) is 43.2 Å². The zero-order chi connectivity index (χ0) is 23.4. The average molecular weight is 457 g/mol. The third-order valence-corrected chi connectivity index (χ3v) is 6.15. The van der Waals surface area contributed by atoms with Crippen LogP contribution in [0.4, 0.5) is 5.13 Å². The Balaban J connectivity index is 1.34. The van der Waals surface area contributed by atoms with E-state index in [1.807, 2.05) is 23.6 Å². The predicted octanol–water partition coefficient (Wildman–Crippen LogP) is 5.98. The van der Waals surface area contributed by atoms with Gasteiger partial charge in [0.05, 0.1) is 5.69 Å². The molecule has 0 aliphatic rings. The Bertz CT molecular complexity index is 1290. The molecule has 1 N–H and O–H groups in total. The number of carbonyl (C=O) groups is 2. The summed E-state index contributed by atoms with van der Waals surface area (Å²) in [6, 6.07) is 20.1.